The fourth-order valence-corrected chi connectivity index (χ4v) is 2.20. The molecule has 0 aromatic heterocycles. The van der Waals surface area contributed by atoms with Gasteiger partial charge in [0.1, 0.15) is 5.75 Å². The van der Waals surface area contributed by atoms with Crippen molar-refractivity contribution in [3.8, 4) is 5.75 Å². The van der Waals surface area contributed by atoms with E-state index >= 15 is 0 Å². The highest BCUT2D eigenvalue weighted by Gasteiger charge is 2.20. The number of ether oxygens (including phenoxy) is 1. The number of benzene rings is 2. The fourth-order valence-electron chi connectivity index (χ4n) is 2.20. The Labute approximate surface area is 144 Å². The van der Waals surface area contributed by atoms with Crippen molar-refractivity contribution < 1.29 is 9.53 Å². The van der Waals surface area contributed by atoms with Gasteiger partial charge in [0.25, 0.3) is 0 Å². The largest absolute Gasteiger partial charge is 0.497 e. The molecule has 0 aliphatic carbocycles. The summed E-state index contributed by atoms with van der Waals surface area (Å²) < 4.78 is 5.17. The number of carbonyl (C=O) groups is 1. The van der Waals surface area contributed by atoms with E-state index in [1.165, 1.54) is 0 Å². The zero-order valence-electron chi connectivity index (χ0n) is 14.8. The Bertz CT molecular complexity index is 709. The molecule has 0 aliphatic rings. The van der Waals surface area contributed by atoms with Crippen molar-refractivity contribution in [2.75, 3.05) is 7.11 Å². The lowest BCUT2D eigenvalue weighted by Crippen LogP contribution is -2.34. The normalized spacial score (nSPS) is 11.5. The molecule has 24 heavy (non-hydrogen) atoms. The molecule has 0 spiro atoms. The molecule has 0 atom stereocenters. The van der Waals surface area contributed by atoms with E-state index in [4.69, 9.17) is 4.74 Å². The first-order valence-corrected chi connectivity index (χ1v) is 8.08. The van der Waals surface area contributed by atoms with E-state index in [0.29, 0.717) is 6.54 Å². The second-order valence-corrected chi connectivity index (χ2v) is 6.74. The topological polar surface area (TPSA) is 38.3 Å². The van der Waals surface area contributed by atoms with Crippen LogP contribution in [0.1, 0.15) is 37.5 Å². The Morgan fingerprint density at radius 1 is 1.04 bits per heavy atom. The number of methoxy groups -OCH3 is 1. The first kappa shape index (κ1) is 17.8. The predicted octanol–water partition coefficient (Wildman–Crippen LogP) is 4.53. The van der Waals surface area contributed by atoms with Gasteiger partial charge >= 0.3 is 0 Å². The highest BCUT2D eigenvalue weighted by molar-refractivity contribution is 5.81. The van der Waals surface area contributed by atoms with Crippen LogP contribution in [0, 0.1) is 5.41 Å². The van der Waals surface area contributed by atoms with E-state index in [9.17, 15) is 4.79 Å². The first-order valence-electron chi connectivity index (χ1n) is 8.08. The van der Waals surface area contributed by atoms with Crippen LogP contribution in [-0.4, -0.2) is 13.0 Å². The SMILES string of the molecule is COc1ccc(/C=C/c2ccccc2CNC(=O)C(C)(C)C)cc1. The summed E-state index contributed by atoms with van der Waals surface area (Å²) >= 11 is 0. The number of rotatable bonds is 5. The van der Waals surface area contributed by atoms with Crippen LogP contribution in [-0.2, 0) is 11.3 Å². The van der Waals surface area contributed by atoms with Gasteiger partial charge in [-0.25, -0.2) is 0 Å². The van der Waals surface area contributed by atoms with Gasteiger partial charge in [0.2, 0.25) is 5.91 Å². The molecule has 0 fully saturated rings. The molecule has 2 aromatic carbocycles. The van der Waals surface area contributed by atoms with Crippen LogP contribution >= 0.6 is 0 Å². The molecule has 0 unspecified atom stereocenters. The molecular weight excluding hydrogens is 298 g/mol. The van der Waals surface area contributed by atoms with Crippen LogP contribution in [0.15, 0.2) is 48.5 Å². The van der Waals surface area contributed by atoms with Gasteiger partial charge in [-0.15, -0.1) is 0 Å². The summed E-state index contributed by atoms with van der Waals surface area (Å²) in [4.78, 5) is 12.0. The van der Waals surface area contributed by atoms with Crippen LogP contribution < -0.4 is 10.1 Å². The zero-order valence-corrected chi connectivity index (χ0v) is 14.8. The first-order chi connectivity index (χ1) is 11.4. The third-order valence-electron chi connectivity index (χ3n) is 3.75. The summed E-state index contributed by atoms with van der Waals surface area (Å²) in [7, 11) is 1.66. The van der Waals surface area contributed by atoms with Gasteiger partial charge in [-0.2, -0.15) is 0 Å². The number of carbonyl (C=O) groups excluding carboxylic acids is 1. The summed E-state index contributed by atoms with van der Waals surface area (Å²) in [5, 5.41) is 3.00. The van der Waals surface area contributed by atoms with Gasteiger partial charge in [0.05, 0.1) is 7.11 Å². The Morgan fingerprint density at radius 3 is 2.33 bits per heavy atom. The second kappa shape index (κ2) is 7.82. The van der Waals surface area contributed by atoms with Gasteiger partial charge < -0.3 is 10.1 Å². The van der Waals surface area contributed by atoms with Crippen molar-refractivity contribution in [1.82, 2.24) is 5.32 Å². The summed E-state index contributed by atoms with van der Waals surface area (Å²) in [5.74, 6) is 0.897. The summed E-state index contributed by atoms with van der Waals surface area (Å²) in [6.07, 6.45) is 4.13. The van der Waals surface area contributed by atoms with Crippen molar-refractivity contribution in [2.24, 2.45) is 5.41 Å². The van der Waals surface area contributed by atoms with Crippen LogP contribution in [0.4, 0.5) is 0 Å². The molecule has 0 heterocycles. The highest BCUT2D eigenvalue weighted by atomic mass is 16.5. The third kappa shape index (κ3) is 4.98. The number of nitrogens with one attached hydrogen (secondary N) is 1. The van der Waals surface area contributed by atoms with Crippen molar-refractivity contribution in [2.45, 2.75) is 27.3 Å². The van der Waals surface area contributed by atoms with Gasteiger partial charge in [0.15, 0.2) is 0 Å². The standard InChI is InChI=1S/C21H25NO2/c1-21(2,3)20(23)22-15-18-8-6-5-7-17(18)12-9-16-10-13-19(24-4)14-11-16/h5-14H,15H2,1-4H3,(H,22,23)/b12-9+. The Balaban J connectivity index is 2.10. The fraction of sp³-hybridized carbons (Fsp3) is 0.286. The minimum absolute atomic E-state index is 0.0523. The van der Waals surface area contributed by atoms with Crippen LogP contribution in [0.5, 0.6) is 5.75 Å². The van der Waals surface area contributed by atoms with Crippen molar-refractivity contribution in [3.05, 3.63) is 65.2 Å². The Morgan fingerprint density at radius 2 is 1.71 bits per heavy atom. The highest BCUT2D eigenvalue weighted by Crippen LogP contribution is 2.17. The molecule has 3 nitrogen and oxygen atoms in total. The van der Waals surface area contributed by atoms with Crippen molar-refractivity contribution in [1.29, 1.82) is 0 Å². The zero-order chi connectivity index (χ0) is 17.6. The summed E-state index contributed by atoms with van der Waals surface area (Å²) in [6.45, 7) is 6.27. The van der Waals surface area contributed by atoms with Crippen LogP contribution in [0.3, 0.4) is 0 Å². The van der Waals surface area contributed by atoms with E-state index < -0.39 is 0 Å². The summed E-state index contributed by atoms with van der Waals surface area (Å²) in [6, 6.07) is 16.0. The van der Waals surface area contributed by atoms with E-state index in [1.807, 2.05) is 63.2 Å². The average Bonchev–Trinajstić information content (AvgIpc) is 2.58. The molecule has 0 bridgehead atoms. The van der Waals surface area contributed by atoms with E-state index in [0.717, 1.165) is 22.4 Å². The lowest BCUT2D eigenvalue weighted by molar-refractivity contribution is -0.128. The molecular formula is C21H25NO2. The number of hydrogen-bond donors (Lipinski definition) is 1. The molecule has 1 N–H and O–H groups in total. The molecule has 126 valence electrons. The molecule has 2 aromatic rings. The molecule has 0 aliphatic heterocycles. The van der Waals surface area contributed by atoms with E-state index in [2.05, 4.69) is 23.5 Å². The van der Waals surface area contributed by atoms with Gasteiger partial charge in [-0.05, 0) is 28.8 Å². The van der Waals surface area contributed by atoms with Crippen LogP contribution in [0.2, 0.25) is 0 Å². The maximum atomic E-state index is 12.0. The minimum atomic E-state index is -0.381. The van der Waals surface area contributed by atoms with Gasteiger partial charge in [0, 0.05) is 12.0 Å². The molecule has 1 amide bonds. The minimum Gasteiger partial charge on any atom is -0.497 e. The maximum absolute atomic E-state index is 12.0. The molecule has 3 heteroatoms. The molecule has 0 radical (unpaired) electrons. The van der Waals surface area contributed by atoms with Crippen molar-refractivity contribution in [3.63, 3.8) is 0 Å². The monoisotopic (exact) mass is 323 g/mol. The third-order valence-corrected chi connectivity index (χ3v) is 3.75. The molecule has 0 saturated heterocycles. The lowest BCUT2D eigenvalue weighted by Gasteiger charge is -2.18. The van der Waals surface area contributed by atoms with Gasteiger partial charge in [-0.1, -0.05) is 69.3 Å². The molecule has 2 rings (SSSR count). The number of amides is 1. The summed E-state index contributed by atoms with van der Waals surface area (Å²) in [5.41, 5.74) is 2.92. The second-order valence-electron chi connectivity index (χ2n) is 6.74. The van der Waals surface area contributed by atoms with E-state index in [1.54, 1.807) is 7.11 Å². The number of hydrogen-bond acceptors (Lipinski definition) is 2. The Hall–Kier alpha value is -2.55. The quantitative estimate of drug-likeness (QED) is 0.821. The maximum Gasteiger partial charge on any atom is 0.225 e. The van der Waals surface area contributed by atoms with Crippen LogP contribution in [0.25, 0.3) is 12.2 Å². The smallest absolute Gasteiger partial charge is 0.225 e. The van der Waals surface area contributed by atoms with Gasteiger partial charge in [-0.3, -0.25) is 4.79 Å². The lowest BCUT2D eigenvalue weighted by atomic mass is 9.95. The average molecular weight is 323 g/mol. The predicted molar refractivity (Wildman–Crippen MR) is 99.7 cm³/mol. The van der Waals surface area contributed by atoms with Crippen molar-refractivity contribution >= 4 is 18.1 Å². The van der Waals surface area contributed by atoms with E-state index in [-0.39, 0.29) is 11.3 Å². The Kier molecular flexibility index (Phi) is 5.80. The molecule has 0 saturated carbocycles.